The first-order valence-electron chi connectivity index (χ1n) is 10.4. The molecule has 0 saturated heterocycles. The van der Waals surface area contributed by atoms with E-state index in [0.717, 1.165) is 34.4 Å². The van der Waals surface area contributed by atoms with Crippen molar-refractivity contribution in [1.29, 1.82) is 0 Å². The van der Waals surface area contributed by atoms with Crippen LogP contribution in [0.1, 0.15) is 34.2 Å². The van der Waals surface area contributed by atoms with E-state index in [1.54, 1.807) is 0 Å². The highest BCUT2D eigenvalue weighted by atomic mass is 19.4. The Morgan fingerprint density at radius 3 is 2.09 bits per heavy atom. The smallest absolute Gasteiger partial charge is 0.416 e. The number of carbonyl (C=O) groups excluding carboxylic acids is 1. The van der Waals surface area contributed by atoms with Crippen LogP contribution in [-0.2, 0) is 15.7 Å². The largest absolute Gasteiger partial charge is 0.479 e. The maximum Gasteiger partial charge on any atom is 0.416 e. The van der Waals surface area contributed by atoms with E-state index in [2.05, 4.69) is 5.32 Å². The van der Waals surface area contributed by atoms with Crippen molar-refractivity contribution in [3.8, 4) is 11.1 Å². The fourth-order valence-corrected chi connectivity index (χ4v) is 4.16. The number of hydrogen-bond donors (Lipinski definition) is 3. The zero-order valence-electron chi connectivity index (χ0n) is 17.6. The molecule has 3 aromatic carbocycles. The fourth-order valence-electron chi connectivity index (χ4n) is 4.16. The van der Waals surface area contributed by atoms with Crippen LogP contribution in [0.25, 0.3) is 11.1 Å². The molecule has 3 N–H and O–H groups in total. The van der Waals surface area contributed by atoms with Crippen LogP contribution in [0, 0.1) is 0 Å². The van der Waals surface area contributed by atoms with Crippen molar-refractivity contribution in [2.75, 3.05) is 6.61 Å². The molecule has 6 nitrogen and oxygen atoms in total. The SMILES string of the molecule is O=C(NC(c1cccc(C(F)(F)F)c1)C(O)C(=O)O)OCC1c2ccccc2-c2ccccc21. The first-order valence-corrected chi connectivity index (χ1v) is 10.4. The second kappa shape index (κ2) is 9.18. The molecule has 0 saturated carbocycles. The summed E-state index contributed by atoms with van der Waals surface area (Å²) in [4.78, 5) is 23.9. The van der Waals surface area contributed by atoms with Crippen LogP contribution in [0.2, 0.25) is 0 Å². The normalized spacial score (nSPS) is 14.6. The summed E-state index contributed by atoms with van der Waals surface area (Å²) in [5, 5.41) is 21.5. The number of rotatable bonds is 6. The molecule has 0 radical (unpaired) electrons. The first kappa shape index (κ1) is 23.3. The zero-order valence-corrected chi connectivity index (χ0v) is 17.6. The van der Waals surface area contributed by atoms with Gasteiger partial charge in [-0.3, -0.25) is 0 Å². The van der Waals surface area contributed by atoms with Crippen LogP contribution >= 0.6 is 0 Å². The van der Waals surface area contributed by atoms with Gasteiger partial charge in [0.25, 0.3) is 0 Å². The molecule has 0 fully saturated rings. The van der Waals surface area contributed by atoms with E-state index in [9.17, 15) is 33.0 Å². The van der Waals surface area contributed by atoms with Crippen molar-refractivity contribution in [1.82, 2.24) is 5.32 Å². The minimum absolute atomic E-state index is 0.0850. The number of aliphatic hydroxyl groups excluding tert-OH is 1. The topological polar surface area (TPSA) is 95.9 Å². The number of aliphatic hydroxyl groups is 1. The predicted octanol–water partition coefficient (Wildman–Crippen LogP) is 4.73. The number of hydrogen-bond acceptors (Lipinski definition) is 4. The Bertz CT molecular complexity index is 1180. The van der Waals surface area contributed by atoms with Crippen molar-refractivity contribution in [2.24, 2.45) is 0 Å². The number of ether oxygens (including phenoxy) is 1. The van der Waals surface area contributed by atoms with Crippen molar-refractivity contribution in [3.63, 3.8) is 0 Å². The number of carboxylic acid groups (broad SMARTS) is 1. The summed E-state index contributed by atoms with van der Waals surface area (Å²) in [6.07, 6.45) is -7.94. The second-order valence-corrected chi connectivity index (χ2v) is 7.85. The molecule has 2 unspecified atom stereocenters. The Morgan fingerprint density at radius 2 is 1.53 bits per heavy atom. The van der Waals surface area contributed by atoms with E-state index < -0.39 is 35.9 Å². The predicted molar refractivity (Wildman–Crippen MR) is 116 cm³/mol. The number of halogens is 3. The summed E-state index contributed by atoms with van der Waals surface area (Å²) in [7, 11) is 0. The van der Waals surface area contributed by atoms with Crippen molar-refractivity contribution < 1.29 is 37.7 Å². The lowest BCUT2D eigenvalue weighted by Gasteiger charge is -2.23. The monoisotopic (exact) mass is 471 g/mol. The van der Waals surface area contributed by atoms with Crippen LogP contribution in [0.5, 0.6) is 0 Å². The molecule has 34 heavy (non-hydrogen) atoms. The third-order valence-electron chi connectivity index (χ3n) is 5.76. The summed E-state index contributed by atoms with van der Waals surface area (Å²) >= 11 is 0. The number of fused-ring (bicyclic) bond motifs is 3. The van der Waals surface area contributed by atoms with Gasteiger partial charge >= 0.3 is 18.2 Å². The number of benzene rings is 3. The summed E-state index contributed by atoms with van der Waals surface area (Å²) in [5.74, 6) is -1.98. The molecule has 0 spiro atoms. The van der Waals surface area contributed by atoms with Crippen LogP contribution in [0.4, 0.5) is 18.0 Å². The number of amides is 1. The summed E-state index contributed by atoms with van der Waals surface area (Å²) in [6.45, 7) is -0.0850. The van der Waals surface area contributed by atoms with Gasteiger partial charge in [-0.15, -0.1) is 0 Å². The van der Waals surface area contributed by atoms with E-state index in [1.165, 1.54) is 6.07 Å². The minimum Gasteiger partial charge on any atom is -0.479 e. The summed E-state index contributed by atoms with van der Waals surface area (Å²) in [5.41, 5.74) is 2.67. The summed E-state index contributed by atoms with van der Waals surface area (Å²) < 4.78 is 44.6. The standard InChI is InChI=1S/C25H20F3NO5/c26-25(27,28)15-7-5-6-14(12-15)21(22(30)23(31)32)29-24(33)34-13-20-18-10-3-1-8-16(18)17-9-2-4-11-19(17)20/h1-12,20-22,30H,13H2,(H,29,33)(H,31,32). The van der Waals surface area contributed by atoms with Crippen molar-refractivity contribution >= 4 is 12.1 Å². The van der Waals surface area contributed by atoms with E-state index in [4.69, 9.17) is 4.74 Å². The van der Waals surface area contributed by atoms with Gasteiger partial charge in [-0.2, -0.15) is 13.2 Å². The van der Waals surface area contributed by atoms with Crippen LogP contribution in [-0.4, -0.2) is 35.0 Å². The third kappa shape index (κ3) is 4.60. The maximum absolute atomic E-state index is 13.1. The van der Waals surface area contributed by atoms with Gasteiger partial charge in [0.15, 0.2) is 6.10 Å². The number of nitrogens with one attached hydrogen (secondary N) is 1. The highest BCUT2D eigenvalue weighted by Crippen LogP contribution is 2.44. The maximum atomic E-state index is 13.1. The molecule has 1 aliphatic rings. The van der Waals surface area contributed by atoms with Gasteiger partial charge in [0.2, 0.25) is 0 Å². The Morgan fingerprint density at radius 1 is 0.941 bits per heavy atom. The lowest BCUT2D eigenvalue weighted by atomic mass is 9.98. The lowest BCUT2D eigenvalue weighted by molar-refractivity contribution is -0.148. The lowest BCUT2D eigenvalue weighted by Crippen LogP contribution is -2.41. The number of carbonyl (C=O) groups is 2. The van der Waals surface area contributed by atoms with E-state index in [1.807, 2.05) is 48.5 Å². The summed E-state index contributed by atoms with van der Waals surface area (Å²) in [6, 6.07) is 17.4. The molecule has 1 aliphatic carbocycles. The zero-order chi connectivity index (χ0) is 24.5. The van der Waals surface area contributed by atoms with Crippen LogP contribution in [0.3, 0.4) is 0 Å². The van der Waals surface area contributed by atoms with Gasteiger partial charge in [0.1, 0.15) is 6.61 Å². The number of alkyl halides is 3. The van der Waals surface area contributed by atoms with Gasteiger partial charge in [-0.1, -0.05) is 60.7 Å². The van der Waals surface area contributed by atoms with Gasteiger partial charge in [-0.05, 0) is 39.9 Å². The van der Waals surface area contributed by atoms with E-state index in [-0.39, 0.29) is 18.1 Å². The number of alkyl carbamates (subject to hydrolysis) is 1. The Labute approximate surface area is 192 Å². The third-order valence-corrected chi connectivity index (χ3v) is 5.76. The van der Waals surface area contributed by atoms with Gasteiger partial charge in [0.05, 0.1) is 11.6 Å². The van der Waals surface area contributed by atoms with Crippen molar-refractivity contribution in [3.05, 3.63) is 95.1 Å². The minimum atomic E-state index is -4.68. The van der Waals surface area contributed by atoms with Crippen LogP contribution < -0.4 is 5.32 Å². The molecule has 176 valence electrons. The Kier molecular flexibility index (Phi) is 6.30. The molecular weight excluding hydrogens is 451 g/mol. The van der Waals surface area contributed by atoms with Gasteiger partial charge in [-0.25, -0.2) is 9.59 Å². The molecule has 0 aromatic heterocycles. The highest BCUT2D eigenvalue weighted by Gasteiger charge is 2.35. The molecule has 0 heterocycles. The van der Waals surface area contributed by atoms with E-state index >= 15 is 0 Å². The molecule has 0 aliphatic heterocycles. The highest BCUT2D eigenvalue weighted by molar-refractivity contribution is 5.79. The fraction of sp³-hybridized carbons (Fsp3) is 0.200. The Balaban J connectivity index is 1.53. The second-order valence-electron chi connectivity index (χ2n) is 7.85. The Hall–Kier alpha value is -3.85. The molecule has 1 amide bonds. The first-order chi connectivity index (χ1) is 16.2. The number of aliphatic carboxylic acids is 1. The number of carboxylic acids is 1. The van der Waals surface area contributed by atoms with E-state index in [0.29, 0.717) is 6.07 Å². The van der Waals surface area contributed by atoms with Gasteiger partial charge < -0.3 is 20.3 Å². The molecule has 4 rings (SSSR count). The molecular formula is C25H20F3NO5. The molecule has 2 atom stereocenters. The average molecular weight is 471 g/mol. The average Bonchev–Trinajstić information content (AvgIpc) is 3.14. The molecule has 9 heteroatoms. The quantitative estimate of drug-likeness (QED) is 0.483. The van der Waals surface area contributed by atoms with Crippen molar-refractivity contribution in [2.45, 2.75) is 24.2 Å². The van der Waals surface area contributed by atoms with Gasteiger partial charge in [0, 0.05) is 5.92 Å². The molecule has 3 aromatic rings. The molecule has 0 bridgehead atoms. The van der Waals surface area contributed by atoms with Crippen LogP contribution in [0.15, 0.2) is 72.8 Å².